The number of fused-ring (bicyclic) bond motifs is 3. The summed E-state index contributed by atoms with van der Waals surface area (Å²) in [5.41, 5.74) is 12.3. The zero-order valence-corrected chi connectivity index (χ0v) is 26.6. The Bertz CT molecular complexity index is 2500. The topological polar surface area (TPSA) is 43.1 Å². The Morgan fingerprint density at radius 1 is 0.388 bits per heavy atom. The maximum absolute atomic E-state index is 5.35. The monoisotopic (exact) mass is 626 g/mol. The molecule has 0 atom stereocenters. The highest BCUT2D eigenvalue weighted by atomic mass is 15.2. The SMILES string of the molecule is c1ccc(-c2cc(-c3ccccc3)nc(-c3ccc4c(c3)cc(-c3ccccc3)n3nc(-c5ccccc5)c(-c5ccccc5)c43)n2)cc1. The van der Waals surface area contributed by atoms with Gasteiger partial charge in [-0.2, -0.15) is 5.10 Å². The molecule has 9 aromatic rings. The average Bonchev–Trinajstić information content (AvgIpc) is 3.60. The van der Waals surface area contributed by atoms with Crippen molar-refractivity contribution in [1.29, 1.82) is 0 Å². The Kier molecular flexibility index (Phi) is 7.10. The summed E-state index contributed by atoms with van der Waals surface area (Å²) in [5, 5.41) is 7.55. The Morgan fingerprint density at radius 2 is 0.878 bits per heavy atom. The van der Waals surface area contributed by atoms with Crippen LogP contribution >= 0.6 is 0 Å². The summed E-state index contributed by atoms with van der Waals surface area (Å²) >= 11 is 0. The lowest BCUT2D eigenvalue weighted by Crippen LogP contribution is -1.98. The van der Waals surface area contributed by atoms with Crippen LogP contribution in [0, 0.1) is 0 Å². The lowest BCUT2D eigenvalue weighted by Gasteiger charge is -2.13. The predicted octanol–water partition coefficient (Wildman–Crippen LogP) is 11.3. The van der Waals surface area contributed by atoms with Gasteiger partial charge < -0.3 is 0 Å². The van der Waals surface area contributed by atoms with Crippen molar-refractivity contribution in [1.82, 2.24) is 19.6 Å². The minimum atomic E-state index is 0.685. The van der Waals surface area contributed by atoms with E-state index in [2.05, 4.69) is 144 Å². The zero-order chi connectivity index (χ0) is 32.6. The van der Waals surface area contributed by atoms with Crippen LogP contribution in [0.2, 0.25) is 0 Å². The molecule has 3 heterocycles. The van der Waals surface area contributed by atoms with Gasteiger partial charge in [0.2, 0.25) is 0 Å². The van der Waals surface area contributed by atoms with Gasteiger partial charge in [-0.15, -0.1) is 0 Å². The molecule has 230 valence electrons. The van der Waals surface area contributed by atoms with Crippen molar-refractivity contribution in [2.45, 2.75) is 0 Å². The molecule has 0 fully saturated rings. The van der Waals surface area contributed by atoms with Crippen molar-refractivity contribution >= 4 is 16.3 Å². The van der Waals surface area contributed by atoms with Crippen LogP contribution in [0.5, 0.6) is 0 Å². The van der Waals surface area contributed by atoms with Gasteiger partial charge in [0.05, 0.1) is 22.6 Å². The van der Waals surface area contributed by atoms with Gasteiger partial charge in [-0.25, -0.2) is 14.5 Å². The number of nitrogens with zero attached hydrogens (tertiary/aromatic N) is 4. The first kappa shape index (κ1) is 28.6. The molecule has 0 unspecified atom stereocenters. The van der Waals surface area contributed by atoms with E-state index in [9.17, 15) is 0 Å². The molecule has 0 amide bonds. The number of aromatic nitrogens is 4. The van der Waals surface area contributed by atoms with Crippen molar-refractivity contribution in [3.63, 3.8) is 0 Å². The van der Waals surface area contributed by atoms with Crippen LogP contribution in [0.3, 0.4) is 0 Å². The maximum atomic E-state index is 5.35. The molecule has 3 aromatic heterocycles. The first-order chi connectivity index (χ1) is 24.3. The molecule has 0 radical (unpaired) electrons. The van der Waals surface area contributed by atoms with Crippen molar-refractivity contribution in [3.05, 3.63) is 182 Å². The van der Waals surface area contributed by atoms with E-state index in [1.165, 1.54) is 0 Å². The number of pyridine rings is 1. The molecule has 9 rings (SSSR count). The Labute approximate surface area is 284 Å². The molecular weight excluding hydrogens is 597 g/mol. The van der Waals surface area contributed by atoms with Gasteiger partial charge in [-0.1, -0.05) is 164 Å². The third-order valence-corrected chi connectivity index (χ3v) is 9.02. The first-order valence-corrected chi connectivity index (χ1v) is 16.5. The summed E-state index contributed by atoms with van der Waals surface area (Å²) in [4.78, 5) is 10.3. The fourth-order valence-corrected chi connectivity index (χ4v) is 6.67. The molecule has 49 heavy (non-hydrogen) atoms. The van der Waals surface area contributed by atoms with Crippen LogP contribution in [0.15, 0.2) is 182 Å². The number of benzene rings is 6. The molecule has 0 spiro atoms. The van der Waals surface area contributed by atoms with Gasteiger partial charge in [-0.3, -0.25) is 0 Å². The van der Waals surface area contributed by atoms with E-state index in [-0.39, 0.29) is 0 Å². The maximum Gasteiger partial charge on any atom is 0.160 e. The molecule has 4 nitrogen and oxygen atoms in total. The summed E-state index contributed by atoms with van der Waals surface area (Å²) < 4.78 is 2.13. The largest absolute Gasteiger partial charge is 0.231 e. The number of hydrogen-bond acceptors (Lipinski definition) is 3. The van der Waals surface area contributed by atoms with E-state index in [0.717, 1.165) is 78.0 Å². The van der Waals surface area contributed by atoms with Crippen LogP contribution in [0.4, 0.5) is 0 Å². The average molecular weight is 627 g/mol. The first-order valence-electron chi connectivity index (χ1n) is 16.5. The normalized spacial score (nSPS) is 11.3. The van der Waals surface area contributed by atoms with Crippen LogP contribution in [-0.4, -0.2) is 19.6 Å². The van der Waals surface area contributed by atoms with Crippen molar-refractivity contribution in [3.8, 4) is 67.5 Å². The minimum Gasteiger partial charge on any atom is -0.231 e. The number of hydrogen-bond donors (Lipinski definition) is 0. The Hall–Kier alpha value is -6.65. The molecule has 0 aliphatic heterocycles. The molecule has 6 aromatic carbocycles. The molecule has 0 saturated carbocycles. The Morgan fingerprint density at radius 3 is 1.43 bits per heavy atom. The molecule has 0 bridgehead atoms. The highest BCUT2D eigenvalue weighted by Gasteiger charge is 2.22. The van der Waals surface area contributed by atoms with Crippen LogP contribution < -0.4 is 0 Å². The highest BCUT2D eigenvalue weighted by molar-refractivity contribution is 6.09. The molecule has 0 N–H and O–H groups in total. The van der Waals surface area contributed by atoms with E-state index in [1.807, 2.05) is 42.5 Å². The fraction of sp³-hybridized carbons (Fsp3) is 0. The zero-order valence-electron chi connectivity index (χ0n) is 26.6. The summed E-state index contributed by atoms with van der Waals surface area (Å²) in [7, 11) is 0. The second-order valence-electron chi connectivity index (χ2n) is 12.1. The van der Waals surface area contributed by atoms with E-state index in [0.29, 0.717) is 5.82 Å². The summed E-state index contributed by atoms with van der Waals surface area (Å²) in [5.74, 6) is 0.685. The standard InChI is InChI=1S/C45H30N4/c1-6-16-31(17-7-1)39-30-40(32-18-8-2-9-19-32)47-45(46-39)36-26-27-38-37(28-36)29-41(33-20-10-3-11-21-33)49-44(38)42(34-22-12-4-13-23-34)43(48-49)35-24-14-5-15-25-35/h1-30H. The van der Waals surface area contributed by atoms with Crippen molar-refractivity contribution in [2.24, 2.45) is 0 Å². The summed E-state index contributed by atoms with van der Waals surface area (Å²) in [6, 6.07) is 63.1. The quantitative estimate of drug-likeness (QED) is 0.184. The lowest BCUT2D eigenvalue weighted by atomic mass is 9.96. The lowest BCUT2D eigenvalue weighted by molar-refractivity contribution is 0.979. The van der Waals surface area contributed by atoms with E-state index in [4.69, 9.17) is 15.1 Å². The van der Waals surface area contributed by atoms with Gasteiger partial charge >= 0.3 is 0 Å². The fourth-order valence-electron chi connectivity index (χ4n) is 6.67. The molecule has 0 saturated heterocycles. The number of rotatable bonds is 6. The molecule has 4 heteroatoms. The van der Waals surface area contributed by atoms with E-state index >= 15 is 0 Å². The predicted molar refractivity (Wildman–Crippen MR) is 201 cm³/mol. The minimum absolute atomic E-state index is 0.685. The van der Waals surface area contributed by atoms with Crippen LogP contribution in [-0.2, 0) is 0 Å². The third kappa shape index (κ3) is 5.26. The van der Waals surface area contributed by atoms with E-state index < -0.39 is 0 Å². The van der Waals surface area contributed by atoms with Gasteiger partial charge in [0.25, 0.3) is 0 Å². The summed E-state index contributed by atoms with van der Waals surface area (Å²) in [6.45, 7) is 0. The van der Waals surface area contributed by atoms with Crippen LogP contribution in [0.25, 0.3) is 83.8 Å². The summed E-state index contributed by atoms with van der Waals surface area (Å²) in [6.07, 6.45) is 0. The van der Waals surface area contributed by atoms with Crippen molar-refractivity contribution < 1.29 is 0 Å². The molecule has 0 aliphatic rings. The van der Waals surface area contributed by atoms with Gasteiger partial charge in [0.15, 0.2) is 5.82 Å². The van der Waals surface area contributed by atoms with E-state index in [1.54, 1.807) is 0 Å². The van der Waals surface area contributed by atoms with Gasteiger partial charge in [0.1, 0.15) is 5.69 Å². The van der Waals surface area contributed by atoms with Crippen LogP contribution in [0.1, 0.15) is 0 Å². The Balaban J connectivity index is 1.33. The van der Waals surface area contributed by atoms with Gasteiger partial charge in [0, 0.05) is 38.8 Å². The van der Waals surface area contributed by atoms with Crippen molar-refractivity contribution in [2.75, 3.05) is 0 Å². The smallest absolute Gasteiger partial charge is 0.160 e. The second-order valence-corrected chi connectivity index (χ2v) is 12.1. The highest BCUT2D eigenvalue weighted by Crippen LogP contribution is 2.41. The molecule has 0 aliphatic carbocycles. The third-order valence-electron chi connectivity index (χ3n) is 9.02. The van der Waals surface area contributed by atoms with Gasteiger partial charge in [-0.05, 0) is 29.1 Å². The second kappa shape index (κ2) is 12.2. The molecular formula is C45H30N4.